The van der Waals surface area contributed by atoms with E-state index in [1.807, 2.05) is 30.3 Å². The Morgan fingerprint density at radius 3 is 2.52 bits per heavy atom. The molecule has 0 heterocycles. The van der Waals surface area contributed by atoms with Gasteiger partial charge in [-0.2, -0.15) is 0 Å². The van der Waals surface area contributed by atoms with Gasteiger partial charge in [-0.15, -0.1) is 0 Å². The summed E-state index contributed by atoms with van der Waals surface area (Å²) in [4.78, 5) is 11.9. The highest BCUT2D eigenvalue weighted by Gasteiger charge is 2.14. The molecule has 0 aromatic heterocycles. The van der Waals surface area contributed by atoms with Gasteiger partial charge in [0.25, 0.3) is 0 Å². The first-order valence-corrected chi connectivity index (χ1v) is 6.50. The lowest BCUT2D eigenvalue weighted by Crippen LogP contribution is -2.14. The van der Waals surface area contributed by atoms with E-state index in [1.165, 1.54) is 7.11 Å². The molecule has 0 aliphatic rings. The van der Waals surface area contributed by atoms with Crippen LogP contribution in [0.15, 0.2) is 48.5 Å². The van der Waals surface area contributed by atoms with Crippen LogP contribution < -0.4 is 15.2 Å². The summed E-state index contributed by atoms with van der Waals surface area (Å²) in [5.41, 5.74) is 6.39. The number of anilines is 1. The summed E-state index contributed by atoms with van der Waals surface area (Å²) >= 11 is 0. The SMILES string of the molecule is COc1cccc(C(=O)OCCOc2ccccc2)c1N. The maximum atomic E-state index is 11.9. The van der Waals surface area contributed by atoms with Crippen LogP contribution in [-0.2, 0) is 4.74 Å². The number of hydrogen-bond acceptors (Lipinski definition) is 5. The van der Waals surface area contributed by atoms with Crippen LogP contribution in [0.25, 0.3) is 0 Å². The third-order valence-electron chi connectivity index (χ3n) is 2.83. The average Bonchev–Trinajstić information content (AvgIpc) is 2.52. The Morgan fingerprint density at radius 2 is 1.81 bits per heavy atom. The predicted molar refractivity (Wildman–Crippen MR) is 79.6 cm³/mol. The first kappa shape index (κ1) is 14.7. The van der Waals surface area contributed by atoms with Crippen LogP contribution in [-0.4, -0.2) is 26.3 Å². The Morgan fingerprint density at radius 1 is 1.05 bits per heavy atom. The Labute approximate surface area is 123 Å². The molecule has 2 aromatic rings. The number of nitrogen functional groups attached to an aromatic ring is 1. The van der Waals surface area contributed by atoms with Gasteiger partial charge in [-0.05, 0) is 24.3 Å². The van der Waals surface area contributed by atoms with Crippen molar-refractivity contribution >= 4 is 11.7 Å². The molecule has 110 valence electrons. The van der Waals surface area contributed by atoms with Crippen molar-refractivity contribution < 1.29 is 19.0 Å². The number of rotatable bonds is 6. The summed E-state index contributed by atoms with van der Waals surface area (Å²) in [6.07, 6.45) is 0. The molecule has 5 nitrogen and oxygen atoms in total. The standard InChI is InChI=1S/C16H17NO4/c1-19-14-9-5-8-13(15(14)17)16(18)21-11-10-20-12-6-3-2-4-7-12/h2-9H,10-11,17H2,1H3. The summed E-state index contributed by atoms with van der Waals surface area (Å²) in [6, 6.07) is 14.3. The molecule has 2 N–H and O–H groups in total. The topological polar surface area (TPSA) is 70.8 Å². The Hall–Kier alpha value is -2.69. The van der Waals surface area contributed by atoms with E-state index in [0.29, 0.717) is 5.75 Å². The molecule has 0 bridgehead atoms. The van der Waals surface area contributed by atoms with Gasteiger partial charge in [0.1, 0.15) is 24.7 Å². The number of carbonyl (C=O) groups excluding carboxylic acids is 1. The molecular formula is C16H17NO4. The summed E-state index contributed by atoms with van der Waals surface area (Å²) in [5.74, 6) is 0.683. The molecule has 2 rings (SSSR count). The molecule has 0 amide bonds. The van der Waals surface area contributed by atoms with E-state index in [1.54, 1.807) is 18.2 Å². The quantitative estimate of drug-likeness (QED) is 0.502. The number of para-hydroxylation sites is 2. The van der Waals surface area contributed by atoms with Gasteiger partial charge in [-0.1, -0.05) is 24.3 Å². The second kappa shape index (κ2) is 7.19. The number of esters is 1. The van der Waals surface area contributed by atoms with Crippen LogP contribution in [0.5, 0.6) is 11.5 Å². The molecular weight excluding hydrogens is 270 g/mol. The maximum absolute atomic E-state index is 11.9. The molecule has 0 unspecified atom stereocenters. The second-order valence-corrected chi connectivity index (χ2v) is 4.22. The number of ether oxygens (including phenoxy) is 3. The van der Waals surface area contributed by atoms with Crippen LogP contribution >= 0.6 is 0 Å². The van der Waals surface area contributed by atoms with E-state index in [9.17, 15) is 4.79 Å². The minimum atomic E-state index is -0.497. The van der Waals surface area contributed by atoms with Crippen molar-refractivity contribution in [3.05, 3.63) is 54.1 Å². The summed E-state index contributed by atoms with van der Waals surface area (Å²) in [7, 11) is 1.49. The van der Waals surface area contributed by atoms with Crippen molar-refractivity contribution in [1.29, 1.82) is 0 Å². The van der Waals surface area contributed by atoms with Crippen LogP contribution in [0, 0.1) is 0 Å². The van der Waals surface area contributed by atoms with Crippen molar-refractivity contribution in [3.8, 4) is 11.5 Å². The van der Waals surface area contributed by atoms with E-state index in [0.717, 1.165) is 5.75 Å². The molecule has 2 aromatic carbocycles. The smallest absolute Gasteiger partial charge is 0.340 e. The molecule has 5 heteroatoms. The normalized spacial score (nSPS) is 9.95. The third-order valence-corrected chi connectivity index (χ3v) is 2.83. The fraction of sp³-hybridized carbons (Fsp3) is 0.188. The lowest BCUT2D eigenvalue weighted by Gasteiger charge is -2.10. The minimum absolute atomic E-state index is 0.143. The van der Waals surface area contributed by atoms with Crippen LogP contribution in [0.2, 0.25) is 0 Å². The number of benzene rings is 2. The molecule has 21 heavy (non-hydrogen) atoms. The van der Waals surface area contributed by atoms with Gasteiger partial charge >= 0.3 is 5.97 Å². The number of nitrogens with two attached hydrogens (primary N) is 1. The van der Waals surface area contributed by atoms with Gasteiger partial charge in [0.05, 0.1) is 18.4 Å². The lowest BCUT2D eigenvalue weighted by atomic mass is 10.1. The largest absolute Gasteiger partial charge is 0.495 e. The lowest BCUT2D eigenvalue weighted by molar-refractivity contribution is 0.0451. The van der Waals surface area contributed by atoms with E-state index < -0.39 is 5.97 Å². The highest BCUT2D eigenvalue weighted by molar-refractivity contribution is 5.96. The molecule has 0 atom stereocenters. The van der Waals surface area contributed by atoms with E-state index in [-0.39, 0.29) is 24.5 Å². The average molecular weight is 287 g/mol. The molecule has 0 saturated carbocycles. The van der Waals surface area contributed by atoms with E-state index in [4.69, 9.17) is 19.9 Å². The summed E-state index contributed by atoms with van der Waals surface area (Å²) in [5, 5.41) is 0. The monoisotopic (exact) mass is 287 g/mol. The highest BCUT2D eigenvalue weighted by atomic mass is 16.6. The van der Waals surface area contributed by atoms with Crippen molar-refractivity contribution in [2.75, 3.05) is 26.1 Å². The van der Waals surface area contributed by atoms with Gasteiger partial charge in [-0.3, -0.25) is 0 Å². The van der Waals surface area contributed by atoms with Crippen molar-refractivity contribution in [1.82, 2.24) is 0 Å². The zero-order valence-corrected chi connectivity index (χ0v) is 11.7. The molecule has 0 aliphatic heterocycles. The highest BCUT2D eigenvalue weighted by Crippen LogP contribution is 2.25. The Bertz CT molecular complexity index is 598. The van der Waals surface area contributed by atoms with Crippen molar-refractivity contribution in [2.24, 2.45) is 0 Å². The molecule has 0 aliphatic carbocycles. The third kappa shape index (κ3) is 3.89. The fourth-order valence-electron chi connectivity index (χ4n) is 1.79. The molecule has 0 spiro atoms. The van der Waals surface area contributed by atoms with Gasteiger partial charge in [0.2, 0.25) is 0 Å². The number of methoxy groups -OCH3 is 1. The zero-order chi connectivity index (χ0) is 15.1. The van der Waals surface area contributed by atoms with Gasteiger partial charge < -0.3 is 19.9 Å². The van der Waals surface area contributed by atoms with Gasteiger partial charge in [0, 0.05) is 0 Å². The van der Waals surface area contributed by atoms with Crippen LogP contribution in [0.4, 0.5) is 5.69 Å². The zero-order valence-electron chi connectivity index (χ0n) is 11.7. The first-order chi connectivity index (χ1) is 10.2. The predicted octanol–water partition coefficient (Wildman–Crippen LogP) is 2.51. The van der Waals surface area contributed by atoms with E-state index in [2.05, 4.69) is 0 Å². The maximum Gasteiger partial charge on any atom is 0.340 e. The second-order valence-electron chi connectivity index (χ2n) is 4.22. The van der Waals surface area contributed by atoms with Crippen molar-refractivity contribution in [3.63, 3.8) is 0 Å². The van der Waals surface area contributed by atoms with Gasteiger partial charge in [-0.25, -0.2) is 4.79 Å². The fourth-order valence-corrected chi connectivity index (χ4v) is 1.79. The molecule has 0 saturated heterocycles. The first-order valence-electron chi connectivity index (χ1n) is 6.50. The molecule has 0 radical (unpaired) electrons. The van der Waals surface area contributed by atoms with E-state index >= 15 is 0 Å². The van der Waals surface area contributed by atoms with Crippen LogP contribution in [0.3, 0.4) is 0 Å². The molecule has 0 fully saturated rings. The van der Waals surface area contributed by atoms with Gasteiger partial charge in [0.15, 0.2) is 0 Å². The summed E-state index contributed by atoms with van der Waals surface area (Å²) in [6.45, 7) is 0.421. The number of carbonyl (C=O) groups is 1. The minimum Gasteiger partial charge on any atom is -0.495 e. The summed E-state index contributed by atoms with van der Waals surface area (Å²) < 4.78 is 15.6. The van der Waals surface area contributed by atoms with Crippen LogP contribution in [0.1, 0.15) is 10.4 Å². The Kier molecular flexibility index (Phi) is 5.04. The van der Waals surface area contributed by atoms with Crippen molar-refractivity contribution in [2.45, 2.75) is 0 Å². The number of hydrogen-bond donors (Lipinski definition) is 1. The Balaban J connectivity index is 1.85.